The minimum atomic E-state index is -0.806. The summed E-state index contributed by atoms with van der Waals surface area (Å²) in [4.78, 5) is 50.1. The number of likely N-dealkylation sites (N-methyl/N-ethyl adjacent to an activating group) is 1. The standard InChI is InChI=1S/C40H50N6O3S/c1-46-34(23-30-26-42-32-18-8-7-17-31(30)32)38(47)44-25-29-16-6-10-21-36(29)50-35-20-9-5-15-28(35)24-43-37(27-13-3-2-4-14-27)39(48)45-33(40(46)49)19-11-12-22-41/h5-10,15-18,20-21,26-27,33-34,37,42-43H,2-4,11-14,19,22-25,41H2,1H3,(H,44,47)(H,45,48)/t33-,34-,37-/m0/s1. The number of nitrogens with zero attached hydrogens (tertiary/aromatic N) is 1. The number of H-pyrrole nitrogens is 1. The first-order valence-corrected chi connectivity index (χ1v) is 18.9. The molecular formula is C40H50N6O3S. The Morgan fingerprint density at radius 2 is 1.50 bits per heavy atom. The van der Waals surface area contributed by atoms with E-state index in [-0.39, 0.29) is 23.6 Å². The van der Waals surface area contributed by atoms with Gasteiger partial charge in [0, 0.05) is 53.4 Å². The minimum absolute atomic E-state index is 0.158. The molecule has 0 radical (unpaired) electrons. The minimum Gasteiger partial charge on any atom is -0.361 e. The molecule has 1 aliphatic heterocycles. The monoisotopic (exact) mass is 694 g/mol. The molecule has 4 aromatic rings. The predicted octanol–water partition coefficient (Wildman–Crippen LogP) is 5.67. The SMILES string of the molecule is CN1C(=O)[C@H](CCCCN)NC(=O)[C@H](C2CCCCC2)NCc2ccccc2Sc2ccccc2CNC(=O)[C@@H]1Cc1c[nH]c2ccccc12. The first kappa shape index (κ1) is 35.7. The van der Waals surface area contributed by atoms with Gasteiger partial charge in [0.05, 0.1) is 6.04 Å². The van der Waals surface area contributed by atoms with Gasteiger partial charge in [-0.15, -0.1) is 0 Å². The first-order chi connectivity index (χ1) is 24.4. The van der Waals surface area contributed by atoms with Crippen LogP contribution < -0.4 is 21.7 Å². The van der Waals surface area contributed by atoms with Crippen LogP contribution in [0.5, 0.6) is 0 Å². The number of benzene rings is 3. The second-order valence-electron chi connectivity index (χ2n) is 13.7. The van der Waals surface area contributed by atoms with E-state index in [4.69, 9.17) is 5.73 Å². The molecule has 2 heterocycles. The third kappa shape index (κ3) is 8.60. The Hall–Kier alpha value is -4.12. The average Bonchev–Trinajstić information content (AvgIpc) is 3.56. The Labute approximate surface area is 299 Å². The zero-order valence-corrected chi connectivity index (χ0v) is 29.8. The van der Waals surface area contributed by atoms with Crippen molar-refractivity contribution in [1.82, 2.24) is 25.8 Å². The maximum absolute atomic E-state index is 14.5. The van der Waals surface area contributed by atoms with Crippen LogP contribution in [0.4, 0.5) is 0 Å². The molecule has 264 valence electrons. The second-order valence-corrected chi connectivity index (χ2v) is 14.7. The number of hydrogen-bond donors (Lipinski definition) is 5. The van der Waals surface area contributed by atoms with Crippen molar-refractivity contribution >= 4 is 40.4 Å². The van der Waals surface area contributed by atoms with E-state index in [1.165, 1.54) is 6.42 Å². The van der Waals surface area contributed by atoms with Gasteiger partial charge < -0.3 is 31.6 Å². The zero-order valence-electron chi connectivity index (χ0n) is 29.0. The van der Waals surface area contributed by atoms with E-state index < -0.39 is 18.1 Å². The van der Waals surface area contributed by atoms with E-state index in [0.717, 1.165) is 69.5 Å². The van der Waals surface area contributed by atoms with Gasteiger partial charge in [0.15, 0.2) is 0 Å². The molecule has 1 aliphatic carbocycles. The van der Waals surface area contributed by atoms with Crippen LogP contribution in [0.25, 0.3) is 10.9 Å². The Balaban J connectivity index is 1.38. The van der Waals surface area contributed by atoms with Crippen molar-refractivity contribution in [2.45, 2.75) is 98.8 Å². The molecule has 0 spiro atoms. The molecule has 3 aromatic carbocycles. The van der Waals surface area contributed by atoms with E-state index >= 15 is 0 Å². The number of fused-ring (bicyclic) bond motifs is 3. The number of aromatic nitrogens is 1. The Bertz CT molecular complexity index is 1770. The first-order valence-electron chi connectivity index (χ1n) is 18.1. The van der Waals surface area contributed by atoms with Crippen LogP contribution >= 0.6 is 11.8 Å². The van der Waals surface area contributed by atoms with Gasteiger partial charge in [0.1, 0.15) is 12.1 Å². The fraction of sp³-hybridized carbons (Fsp3) is 0.425. The van der Waals surface area contributed by atoms with Gasteiger partial charge in [-0.05, 0) is 79.5 Å². The summed E-state index contributed by atoms with van der Waals surface area (Å²) in [5.41, 5.74) is 9.87. The lowest BCUT2D eigenvalue weighted by Crippen LogP contribution is -2.58. The Morgan fingerprint density at radius 3 is 2.24 bits per heavy atom. The van der Waals surface area contributed by atoms with Gasteiger partial charge >= 0.3 is 0 Å². The molecule has 3 amide bonds. The number of carbonyl (C=O) groups is 3. The number of para-hydroxylation sites is 1. The van der Waals surface area contributed by atoms with Crippen molar-refractivity contribution < 1.29 is 14.4 Å². The van der Waals surface area contributed by atoms with Gasteiger partial charge in [0.25, 0.3) is 0 Å². The van der Waals surface area contributed by atoms with Crippen molar-refractivity contribution in [3.63, 3.8) is 0 Å². The summed E-state index contributed by atoms with van der Waals surface area (Å²) in [5.74, 6) is -0.508. The summed E-state index contributed by atoms with van der Waals surface area (Å²) in [6.07, 6.45) is 9.38. The predicted molar refractivity (Wildman–Crippen MR) is 199 cm³/mol. The molecule has 1 saturated carbocycles. The van der Waals surface area contributed by atoms with Crippen molar-refractivity contribution in [3.05, 3.63) is 95.7 Å². The normalized spacial score (nSPS) is 21.6. The third-order valence-electron chi connectivity index (χ3n) is 10.3. The highest BCUT2D eigenvalue weighted by molar-refractivity contribution is 7.99. The molecule has 2 aliphatic rings. The summed E-state index contributed by atoms with van der Waals surface area (Å²) in [6, 6.07) is 22.3. The Morgan fingerprint density at radius 1 is 0.820 bits per heavy atom. The average molecular weight is 695 g/mol. The van der Waals surface area contributed by atoms with Gasteiger partial charge in [-0.25, -0.2) is 0 Å². The molecule has 10 heteroatoms. The van der Waals surface area contributed by atoms with Crippen molar-refractivity contribution in [2.24, 2.45) is 11.7 Å². The highest BCUT2D eigenvalue weighted by Gasteiger charge is 2.36. The molecular weight excluding hydrogens is 645 g/mol. The lowest BCUT2D eigenvalue weighted by atomic mass is 9.83. The van der Waals surface area contributed by atoms with Crippen LogP contribution in [-0.4, -0.2) is 59.3 Å². The lowest BCUT2D eigenvalue weighted by Gasteiger charge is -2.34. The van der Waals surface area contributed by atoms with Gasteiger partial charge in [-0.3, -0.25) is 14.4 Å². The Kier molecular flexibility index (Phi) is 12.3. The number of carbonyl (C=O) groups excluding carboxylic acids is 3. The van der Waals surface area contributed by atoms with Gasteiger partial charge in [0.2, 0.25) is 17.7 Å². The van der Waals surface area contributed by atoms with E-state index in [2.05, 4.69) is 39.1 Å². The van der Waals surface area contributed by atoms with E-state index in [1.54, 1.807) is 23.7 Å². The summed E-state index contributed by atoms with van der Waals surface area (Å²) in [5, 5.41) is 11.0. The van der Waals surface area contributed by atoms with Crippen LogP contribution in [0.3, 0.4) is 0 Å². The highest BCUT2D eigenvalue weighted by Crippen LogP contribution is 2.34. The number of rotatable bonds is 7. The number of nitrogens with one attached hydrogen (secondary N) is 4. The number of nitrogens with two attached hydrogens (primary N) is 1. The number of hydrogen-bond acceptors (Lipinski definition) is 6. The summed E-state index contributed by atoms with van der Waals surface area (Å²) in [7, 11) is 1.69. The zero-order chi connectivity index (χ0) is 34.9. The summed E-state index contributed by atoms with van der Waals surface area (Å²) >= 11 is 1.67. The van der Waals surface area contributed by atoms with Crippen LogP contribution in [-0.2, 0) is 33.9 Å². The highest BCUT2D eigenvalue weighted by atomic mass is 32.2. The maximum Gasteiger partial charge on any atom is 0.245 e. The van der Waals surface area contributed by atoms with Crippen LogP contribution in [0.15, 0.2) is 88.8 Å². The second kappa shape index (κ2) is 17.2. The van der Waals surface area contributed by atoms with E-state index in [0.29, 0.717) is 38.9 Å². The van der Waals surface area contributed by atoms with E-state index in [1.807, 2.05) is 60.8 Å². The van der Waals surface area contributed by atoms with Crippen LogP contribution in [0.2, 0.25) is 0 Å². The smallest absolute Gasteiger partial charge is 0.245 e. The quantitative estimate of drug-likeness (QED) is 0.159. The largest absolute Gasteiger partial charge is 0.361 e. The molecule has 0 unspecified atom stereocenters. The lowest BCUT2D eigenvalue weighted by molar-refractivity contribution is -0.142. The molecule has 0 bridgehead atoms. The molecule has 6 N–H and O–H groups in total. The maximum atomic E-state index is 14.5. The molecule has 9 nitrogen and oxygen atoms in total. The molecule has 0 saturated heterocycles. The number of amides is 3. The number of aromatic amines is 1. The molecule has 6 rings (SSSR count). The van der Waals surface area contributed by atoms with Crippen LogP contribution in [0, 0.1) is 5.92 Å². The molecule has 1 fully saturated rings. The summed E-state index contributed by atoms with van der Waals surface area (Å²) in [6.45, 7) is 1.34. The third-order valence-corrected chi connectivity index (χ3v) is 11.5. The fourth-order valence-corrected chi connectivity index (χ4v) is 8.48. The van der Waals surface area contributed by atoms with Gasteiger partial charge in [-0.1, -0.05) is 85.6 Å². The molecule has 1 aromatic heterocycles. The molecule has 50 heavy (non-hydrogen) atoms. The number of unbranched alkanes of at least 4 members (excludes halogenated alkanes) is 1. The van der Waals surface area contributed by atoms with E-state index in [9.17, 15) is 14.4 Å². The van der Waals surface area contributed by atoms with Crippen LogP contribution in [0.1, 0.15) is 68.1 Å². The topological polar surface area (TPSA) is 132 Å². The summed E-state index contributed by atoms with van der Waals surface area (Å²) < 4.78 is 0. The molecule has 3 atom stereocenters. The van der Waals surface area contributed by atoms with Crippen molar-refractivity contribution in [3.8, 4) is 0 Å². The van der Waals surface area contributed by atoms with Crippen molar-refractivity contribution in [1.29, 1.82) is 0 Å². The van der Waals surface area contributed by atoms with Gasteiger partial charge in [-0.2, -0.15) is 0 Å². The fourth-order valence-electron chi connectivity index (χ4n) is 7.40. The van der Waals surface area contributed by atoms with Crippen molar-refractivity contribution in [2.75, 3.05) is 13.6 Å².